The Morgan fingerprint density at radius 1 is 0.885 bits per heavy atom. The summed E-state index contributed by atoms with van der Waals surface area (Å²) in [5.74, 6) is 0.934. The van der Waals surface area contributed by atoms with Crippen molar-refractivity contribution in [2.24, 2.45) is 0 Å². The summed E-state index contributed by atoms with van der Waals surface area (Å²) in [4.78, 5) is 8.86. The van der Waals surface area contributed by atoms with Gasteiger partial charge in [0.2, 0.25) is 5.13 Å². The molecule has 0 atom stereocenters. The lowest BCUT2D eigenvalue weighted by Gasteiger charge is -2.34. The van der Waals surface area contributed by atoms with Gasteiger partial charge < -0.3 is 9.80 Å². The van der Waals surface area contributed by atoms with Crippen LogP contribution < -0.4 is 9.80 Å². The molecule has 0 spiro atoms. The van der Waals surface area contributed by atoms with Crippen molar-refractivity contribution in [3.05, 3.63) is 42.9 Å². The molecule has 0 bridgehead atoms. The molecule has 0 radical (unpaired) electrons. The number of hydrogen-bond acceptors (Lipinski definition) is 9. The summed E-state index contributed by atoms with van der Waals surface area (Å²) in [7, 11) is 0. The summed E-state index contributed by atoms with van der Waals surface area (Å²) >= 11 is 1.58. The second-order valence-corrected chi connectivity index (χ2v) is 6.86. The first-order valence-electron chi connectivity index (χ1n) is 8.29. The van der Waals surface area contributed by atoms with Crippen molar-refractivity contribution in [2.75, 3.05) is 36.0 Å². The minimum Gasteiger partial charge on any atom is -0.352 e. The van der Waals surface area contributed by atoms with Crippen LogP contribution in [0.4, 0.5) is 10.9 Å². The predicted molar refractivity (Wildman–Crippen MR) is 98.3 cm³/mol. The summed E-state index contributed by atoms with van der Waals surface area (Å²) < 4.78 is 1.70. The van der Waals surface area contributed by atoms with Crippen molar-refractivity contribution in [1.29, 1.82) is 0 Å². The molecule has 1 aliphatic rings. The molecule has 0 aromatic carbocycles. The number of hydrogen-bond donors (Lipinski definition) is 0. The first kappa shape index (κ1) is 15.1. The molecule has 0 N–H and O–H groups in total. The highest BCUT2D eigenvalue weighted by Crippen LogP contribution is 2.28. The first-order chi connectivity index (χ1) is 12.9. The minimum atomic E-state index is 0.753. The number of pyridine rings is 1. The third kappa shape index (κ3) is 2.73. The monoisotopic (exact) mass is 365 g/mol. The fraction of sp³-hybridized carbons (Fsp3) is 0.250. The molecule has 4 aromatic heterocycles. The highest BCUT2D eigenvalue weighted by atomic mass is 32.1. The van der Waals surface area contributed by atoms with Crippen LogP contribution in [0.5, 0.6) is 0 Å². The average Bonchev–Trinajstić information content (AvgIpc) is 3.38. The van der Waals surface area contributed by atoms with E-state index in [0.717, 1.165) is 53.5 Å². The number of aromatic nitrogens is 7. The molecule has 1 fully saturated rings. The Labute approximate surface area is 153 Å². The molecule has 10 heteroatoms. The van der Waals surface area contributed by atoms with Crippen LogP contribution in [0.2, 0.25) is 0 Å². The van der Waals surface area contributed by atoms with Crippen LogP contribution in [-0.4, -0.2) is 61.2 Å². The largest absolute Gasteiger partial charge is 0.352 e. The smallest absolute Gasteiger partial charge is 0.208 e. The van der Waals surface area contributed by atoms with E-state index < -0.39 is 0 Å². The van der Waals surface area contributed by atoms with Crippen molar-refractivity contribution in [3.8, 4) is 10.7 Å². The average molecular weight is 365 g/mol. The van der Waals surface area contributed by atoms with E-state index in [1.54, 1.807) is 28.4 Å². The van der Waals surface area contributed by atoms with Gasteiger partial charge in [-0.15, -0.1) is 25.5 Å². The molecule has 130 valence electrons. The highest BCUT2D eigenvalue weighted by Gasteiger charge is 2.22. The van der Waals surface area contributed by atoms with Crippen LogP contribution in [0.15, 0.2) is 42.9 Å². The van der Waals surface area contributed by atoms with Crippen molar-refractivity contribution >= 4 is 27.9 Å². The molecule has 0 amide bonds. The number of rotatable bonds is 3. The molecule has 5 rings (SSSR count). The Hall–Kier alpha value is -3.14. The standard InChI is InChI=1S/C16H15N9S/c1-2-6-17-12(3-1)15-20-21-16(26-15)24-9-7-23(8-10-24)14-5-4-13-19-18-11-25(13)22-14/h1-6,11H,7-10H2. The van der Waals surface area contributed by atoms with Gasteiger partial charge in [-0.2, -0.15) is 4.52 Å². The first-order valence-corrected chi connectivity index (χ1v) is 9.10. The molecule has 5 heterocycles. The van der Waals surface area contributed by atoms with Gasteiger partial charge in [0.1, 0.15) is 17.8 Å². The van der Waals surface area contributed by atoms with E-state index in [9.17, 15) is 0 Å². The topological polar surface area (TPSA) is 88.2 Å². The van der Waals surface area contributed by atoms with Crippen LogP contribution in [0.1, 0.15) is 0 Å². The summed E-state index contributed by atoms with van der Waals surface area (Å²) in [5.41, 5.74) is 1.62. The fourth-order valence-electron chi connectivity index (χ4n) is 2.95. The van der Waals surface area contributed by atoms with E-state index >= 15 is 0 Å². The van der Waals surface area contributed by atoms with Gasteiger partial charge in [-0.25, -0.2) is 0 Å². The van der Waals surface area contributed by atoms with Gasteiger partial charge >= 0.3 is 0 Å². The number of piperazine rings is 1. The zero-order chi connectivity index (χ0) is 17.3. The Morgan fingerprint density at radius 2 is 1.77 bits per heavy atom. The number of fused-ring (bicyclic) bond motifs is 1. The van der Waals surface area contributed by atoms with E-state index in [1.807, 2.05) is 30.3 Å². The lowest BCUT2D eigenvalue weighted by atomic mass is 10.3. The summed E-state index contributed by atoms with van der Waals surface area (Å²) in [6.45, 7) is 3.50. The van der Waals surface area contributed by atoms with Gasteiger partial charge in [0, 0.05) is 32.4 Å². The van der Waals surface area contributed by atoms with Crippen LogP contribution in [0.3, 0.4) is 0 Å². The Balaban J connectivity index is 1.29. The van der Waals surface area contributed by atoms with Gasteiger partial charge in [0.25, 0.3) is 0 Å². The third-order valence-electron chi connectivity index (χ3n) is 4.32. The zero-order valence-electron chi connectivity index (χ0n) is 13.8. The number of anilines is 2. The van der Waals surface area contributed by atoms with Crippen LogP contribution in [0.25, 0.3) is 16.3 Å². The van der Waals surface area contributed by atoms with Crippen molar-refractivity contribution in [2.45, 2.75) is 0 Å². The maximum absolute atomic E-state index is 4.57. The Kier molecular flexibility index (Phi) is 3.67. The summed E-state index contributed by atoms with van der Waals surface area (Å²) in [6.07, 6.45) is 3.39. The van der Waals surface area contributed by atoms with E-state index in [-0.39, 0.29) is 0 Å². The summed E-state index contributed by atoms with van der Waals surface area (Å²) in [6, 6.07) is 9.74. The SMILES string of the molecule is c1ccc(-c2nnc(N3CCN(c4ccc5nncn5n4)CC3)s2)nc1. The Bertz CT molecular complexity index is 1020. The molecule has 26 heavy (non-hydrogen) atoms. The van der Waals surface area contributed by atoms with E-state index in [4.69, 9.17) is 0 Å². The van der Waals surface area contributed by atoms with Crippen molar-refractivity contribution < 1.29 is 0 Å². The van der Waals surface area contributed by atoms with Gasteiger partial charge in [0.05, 0.1) is 0 Å². The molecule has 1 saturated heterocycles. The Morgan fingerprint density at radius 3 is 2.62 bits per heavy atom. The molecule has 9 nitrogen and oxygen atoms in total. The molecule has 0 aliphatic carbocycles. The van der Waals surface area contributed by atoms with Gasteiger partial charge in [-0.05, 0) is 24.3 Å². The second-order valence-electron chi connectivity index (χ2n) is 5.90. The molecule has 1 aliphatic heterocycles. The molecule has 0 unspecified atom stereocenters. The van der Waals surface area contributed by atoms with Crippen molar-refractivity contribution in [1.82, 2.24) is 35.0 Å². The lowest BCUT2D eigenvalue weighted by Crippen LogP contribution is -2.47. The van der Waals surface area contributed by atoms with Crippen LogP contribution in [-0.2, 0) is 0 Å². The van der Waals surface area contributed by atoms with E-state index in [2.05, 4.69) is 40.3 Å². The molecule has 4 aromatic rings. The molecule has 0 saturated carbocycles. The quantitative estimate of drug-likeness (QED) is 0.538. The molecular formula is C16H15N9S. The van der Waals surface area contributed by atoms with Crippen LogP contribution >= 0.6 is 11.3 Å². The van der Waals surface area contributed by atoms with Gasteiger partial charge in [-0.3, -0.25) is 4.98 Å². The highest BCUT2D eigenvalue weighted by molar-refractivity contribution is 7.18. The second kappa shape index (κ2) is 6.30. The molecular weight excluding hydrogens is 350 g/mol. The lowest BCUT2D eigenvalue weighted by molar-refractivity contribution is 0.638. The van der Waals surface area contributed by atoms with Gasteiger partial charge in [-0.1, -0.05) is 17.4 Å². The van der Waals surface area contributed by atoms with Gasteiger partial charge in [0.15, 0.2) is 10.7 Å². The minimum absolute atomic E-state index is 0.753. The number of nitrogens with zero attached hydrogens (tertiary/aromatic N) is 9. The van der Waals surface area contributed by atoms with Crippen LogP contribution in [0, 0.1) is 0 Å². The zero-order valence-corrected chi connectivity index (χ0v) is 14.6. The third-order valence-corrected chi connectivity index (χ3v) is 5.33. The fourth-order valence-corrected chi connectivity index (χ4v) is 3.82. The van der Waals surface area contributed by atoms with E-state index in [1.165, 1.54) is 0 Å². The normalized spacial score (nSPS) is 14.9. The predicted octanol–water partition coefficient (Wildman–Crippen LogP) is 1.36. The van der Waals surface area contributed by atoms with E-state index in [0.29, 0.717) is 0 Å². The van der Waals surface area contributed by atoms with Crippen molar-refractivity contribution in [3.63, 3.8) is 0 Å². The maximum Gasteiger partial charge on any atom is 0.208 e. The summed E-state index contributed by atoms with van der Waals surface area (Å²) in [5, 5.41) is 22.8. The maximum atomic E-state index is 4.57.